The minimum atomic E-state index is -0.834. The van der Waals surface area contributed by atoms with Crippen LogP contribution in [0.25, 0.3) is 0 Å². The Hall–Kier alpha value is -2.04. The number of Topliss-reactive ketones (excluding diaryl/α,β-unsaturated/α-hetero) is 4. The van der Waals surface area contributed by atoms with Gasteiger partial charge in [0.05, 0.1) is 26.4 Å². The molecule has 0 heterocycles. The summed E-state index contributed by atoms with van der Waals surface area (Å²) in [4.78, 5) is 51.9. The second kappa shape index (κ2) is 26.7. The fourth-order valence-corrected chi connectivity index (χ4v) is 7.13. The second-order valence-electron chi connectivity index (χ2n) is 14.5. The first kappa shape index (κ1) is 51.0. The molecule has 0 aromatic heterocycles. The van der Waals surface area contributed by atoms with E-state index < -0.39 is 22.4 Å². The lowest BCUT2D eigenvalue weighted by atomic mass is 9.88. The SMILES string of the molecule is C=C(C)C(=O)C(CC)(CC)OCCCCCC(=O)C(CC)(CC)OCCOCCOC(CC)(CC)C(=O)CCCCCOC(CC)(CC)C(=O)C(=C)C. The summed E-state index contributed by atoms with van der Waals surface area (Å²) < 4.78 is 30.3. The molecule has 0 radical (unpaired) electrons. The highest BCUT2D eigenvalue weighted by molar-refractivity contribution is 6.01. The Balaban J connectivity index is 4.64. The van der Waals surface area contributed by atoms with Crippen LogP contribution in [0.3, 0.4) is 0 Å². The van der Waals surface area contributed by atoms with E-state index in [0.29, 0.717) is 115 Å². The van der Waals surface area contributed by atoms with Crippen molar-refractivity contribution in [2.24, 2.45) is 0 Å². The average molecular weight is 751 g/mol. The number of carbonyl (C=O) groups excluding carboxylic acids is 4. The lowest BCUT2D eigenvalue weighted by Crippen LogP contribution is -2.42. The van der Waals surface area contributed by atoms with Crippen molar-refractivity contribution in [2.45, 2.75) is 194 Å². The maximum absolute atomic E-state index is 13.3. The van der Waals surface area contributed by atoms with E-state index in [1.807, 2.05) is 55.4 Å². The van der Waals surface area contributed by atoms with Crippen LogP contribution in [0.4, 0.5) is 0 Å². The largest absolute Gasteiger partial charge is 0.377 e. The zero-order valence-electron chi connectivity index (χ0n) is 35.6. The molecule has 0 aliphatic heterocycles. The van der Waals surface area contributed by atoms with Gasteiger partial charge in [0.15, 0.2) is 23.1 Å². The number of unbranched alkanes of at least 4 members (excludes halogenated alkanes) is 4. The molecule has 0 spiro atoms. The van der Waals surface area contributed by atoms with Gasteiger partial charge in [-0.15, -0.1) is 0 Å². The van der Waals surface area contributed by atoms with E-state index in [2.05, 4.69) is 13.2 Å². The third kappa shape index (κ3) is 15.6. The van der Waals surface area contributed by atoms with Crippen LogP contribution >= 0.6 is 0 Å². The Morgan fingerprint density at radius 2 is 0.679 bits per heavy atom. The van der Waals surface area contributed by atoms with E-state index in [0.717, 1.165) is 38.5 Å². The van der Waals surface area contributed by atoms with Gasteiger partial charge in [-0.2, -0.15) is 0 Å². The van der Waals surface area contributed by atoms with Crippen molar-refractivity contribution >= 4 is 23.1 Å². The molecule has 0 aromatic rings. The summed E-state index contributed by atoms with van der Waals surface area (Å²) in [5, 5.41) is 0. The summed E-state index contributed by atoms with van der Waals surface area (Å²) in [5.41, 5.74) is -2.25. The fourth-order valence-electron chi connectivity index (χ4n) is 7.13. The number of ether oxygens (including phenoxy) is 5. The maximum atomic E-state index is 13.3. The van der Waals surface area contributed by atoms with Crippen molar-refractivity contribution in [1.82, 2.24) is 0 Å². The number of ketones is 4. The molecule has 0 aliphatic rings. The number of carbonyl (C=O) groups is 4. The quantitative estimate of drug-likeness (QED) is 0.0456. The molecule has 0 saturated heterocycles. The Bertz CT molecular complexity index is 1020. The summed E-state index contributed by atoms with van der Waals surface area (Å²) >= 11 is 0. The Morgan fingerprint density at radius 3 is 0.943 bits per heavy atom. The zero-order valence-corrected chi connectivity index (χ0v) is 35.6. The first-order chi connectivity index (χ1) is 25.2. The monoisotopic (exact) mass is 751 g/mol. The number of hydrogen-bond donors (Lipinski definition) is 0. The number of rotatable bonds is 36. The van der Waals surface area contributed by atoms with Crippen molar-refractivity contribution in [2.75, 3.05) is 39.6 Å². The van der Waals surface area contributed by atoms with Gasteiger partial charge < -0.3 is 23.7 Å². The minimum absolute atomic E-state index is 0.0292. The highest BCUT2D eigenvalue weighted by atomic mass is 16.6. The summed E-state index contributed by atoms with van der Waals surface area (Å²) in [5.74, 6) is 0.155. The van der Waals surface area contributed by atoms with E-state index >= 15 is 0 Å². The molecule has 9 nitrogen and oxygen atoms in total. The topological polar surface area (TPSA) is 114 Å². The highest BCUT2D eigenvalue weighted by Gasteiger charge is 2.38. The Kier molecular flexibility index (Phi) is 25.7. The van der Waals surface area contributed by atoms with Crippen LogP contribution < -0.4 is 0 Å². The van der Waals surface area contributed by atoms with Gasteiger partial charge in [-0.25, -0.2) is 0 Å². The van der Waals surface area contributed by atoms with Crippen LogP contribution in [-0.4, -0.2) is 85.2 Å². The molecule has 0 aliphatic carbocycles. The van der Waals surface area contributed by atoms with Gasteiger partial charge in [-0.3, -0.25) is 19.2 Å². The Morgan fingerprint density at radius 1 is 0.396 bits per heavy atom. The molecule has 0 unspecified atom stereocenters. The molecule has 9 heteroatoms. The fraction of sp³-hybridized carbons (Fsp3) is 0.818. The predicted octanol–water partition coefficient (Wildman–Crippen LogP) is 9.85. The molecule has 0 bridgehead atoms. The molecular formula is C44H78O9. The van der Waals surface area contributed by atoms with E-state index in [9.17, 15) is 19.2 Å². The summed E-state index contributed by atoms with van der Waals surface area (Å²) in [7, 11) is 0. The third-order valence-corrected chi connectivity index (χ3v) is 11.3. The molecular weight excluding hydrogens is 672 g/mol. The van der Waals surface area contributed by atoms with E-state index in [1.165, 1.54) is 0 Å². The molecule has 0 atom stereocenters. The molecule has 0 fully saturated rings. The molecule has 0 rings (SSSR count). The van der Waals surface area contributed by atoms with Crippen LogP contribution in [0.2, 0.25) is 0 Å². The van der Waals surface area contributed by atoms with Crippen molar-refractivity contribution in [1.29, 1.82) is 0 Å². The molecule has 0 N–H and O–H groups in total. The number of hydrogen-bond acceptors (Lipinski definition) is 9. The van der Waals surface area contributed by atoms with Gasteiger partial charge in [0.2, 0.25) is 0 Å². The standard InChI is InChI=1S/C44H78O9/c1-13-41(14-2,37(45)27-23-21-25-29-50-43(17-5,18-6)39(47)35(9)10)52-33-31-49-32-34-53-42(15-3,16-4)38(46)28-24-22-26-30-51-44(19-7,20-8)40(48)36(11)12/h9,11,13-34H2,1-8,10,12H3. The molecule has 0 aromatic carbocycles. The van der Waals surface area contributed by atoms with Crippen molar-refractivity contribution < 1.29 is 42.9 Å². The van der Waals surface area contributed by atoms with Gasteiger partial charge >= 0.3 is 0 Å². The zero-order chi connectivity index (χ0) is 40.6. The van der Waals surface area contributed by atoms with E-state index in [1.54, 1.807) is 13.8 Å². The second-order valence-corrected chi connectivity index (χ2v) is 14.5. The Labute approximate surface area is 323 Å². The summed E-state index contributed by atoms with van der Waals surface area (Å²) in [6, 6.07) is 0. The van der Waals surface area contributed by atoms with Gasteiger partial charge in [0, 0.05) is 26.1 Å². The van der Waals surface area contributed by atoms with Crippen LogP contribution in [-0.2, 0) is 42.9 Å². The van der Waals surface area contributed by atoms with E-state index in [4.69, 9.17) is 23.7 Å². The van der Waals surface area contributed by atoms with E-state index in [-0.39, 0.29) is 23.1 Å². The molecule has 0 amide bonds. The van der Waals surface area contributed by atoms with Gasteiger partial charge in [0.25, 0.3) is 0 Å². The van der Waals surface area contributed by atoms with Crippen LogP contribution in [0, 0.1) is 0 Å². The highest BCUT2D eigenvalue weighted by Crippen LogP contribution is 2.29. The lowest BCUT2D eigenvalue weighted by molar-refractivity contribution is -0.152. The molecule has 0 saturated carbocycles. The van der Waals surface area contributed by atoms with Crippen LogP contribution in [0.1, 0.15) is 172 Å². The first-order valence-electron chi connectivity index (χ1n) is 20.8. The minimum Gasteiger partial charge on any atom is -0.377 e. The average Bonchev–Trinajstić information content (AvgIpc) is 3.17. The van der Waals surface area contributed by atoms with Gasteiger partial charge in [-0.1, -0.05) is 81.4 Å². The van der Waals surface area contributed by atoms with Gasteiger partial charge in [0.1, 0.15) is 22.4 Å². The first-order valence-corrected chi connectivity index (χ1v) is 20.8. The van der Waals surface area contributed by atoms with Crippen molar-refractivity contribution in [3.05, 3.63) is 24.3 Å². The third-order valence-electron chi connectivity index (χ3n) is 11.3. The maximum Gasteiger partial charge on any atom is 0.189 e. The predicted molar refractivity (Wildman–Crippen MR) is 214 cm³/mol. The van der Waals surface area contributed by atoms with Crippen molar-refractivity contribution in [3.63, 3.8) is 0 Å². The van der Waals surface area contributed by atoms with Crippen LogP contribution in [0.15, 0.2) is 24.3 Å². The van der Waals surface area contributed by atoms with Gasteiger partial charge in [-0.05, 0) is 102 Å². The molecule has 308 valence electrons. The smallest absolute Gasteiger partial charge is 0.189 e. The summed E-state index contributed by atoms with van der Waals surface area (Å²) in [6.45, 7) is 29.0. The van der Waals surface area contributed by atoms with Crippen molar-refractivity contribution in [3.8, 4) is 0 Å². The lowest BCUT2D eigenvalue weighted by Gasteiger charge is -2.31. The molecule has 53 heavy (non-hydrogen) atoms. The summed E-state index contributed by atoms with van der Waals surface area (Å²) in [6.07, 6.45) is 10.3. The normalized spacial score (nSPS) is 12.6. The van der Waals surface area contributed by atoms with Crippen LogP contribution in [0.5, 0.6) is 0 Å².